The first-order chi connectivity index (χ1) is 14.1. The molecule has 3 amide bonds. The summed E-state index contributed by atoms with van der Waals surface area (Å²) in [4.78, 5) is 26.4. The van der Waals surface area contributed by atoms with Gasteiger partial charge in [-0.1, -0.05) is 48.9 Å². The number of urea groups is 1. The number of nitrogens with one attached hydrogen (secondary N) is 2. The third-order valence-corrected chi connectivity index (χ3v) is 5.41. The van der Waals surface area contributed by atoms with Crippen LogP contribution < -0.4 is 10.6 Å². The van der Waals surface area contributed by atoms with Crippen LogP contribution in [0.25, 0.3) is 0 Å². The highest BCUT2D eigenvalue weighted by molar-refractivity contribution is 6.31. The van der Waals surface area contributed by atoms with Gasteiger partial charge in [0.2, 0.25) is 0 Å². The minimum atomic E-state index is -0.516. The molecular weight excluding hydrogens is 390 g/mol. The predicted octanol–water partition coefficient (Wildman–Crippen LogP) is 4.83. The molecule has 1 atom stereocenters. The second kappa shape index (κ2) is 10.2. The summed E-state index contributed by atoms with van der Waals surface area (Å²) in [5.74, 6) is 0. The van der Waals surface area contributed by atoms with E-state index in [4.69, 9.17) is 16.3 Å². The molecule has 3 rings (SSSR count). The van der Waals surface area contributed by atoms with E-state index in [1.807, 2.05) is 42.5 Å². The zero-order valence-corrected chi connectivity index (χ0v) is 17.2. The van der Waals surface area contributed by atoms with Crippen LogP contribution in [0.5, 0.6) is 0 Å². The number of amides is 3. The molecule has 154 valence electrons. The lowest BCUT2D eigenvalue weighted by atomic mass is 10.1. The van der Waals surface area contributed by atoms with Gasteiger partial charge < -0.3 is 15.0 Å². The molecule has 0 saturated carbocycles. The van der Waals surface area contributed by atoms with Crippen molar-refractivity contribution < 1.29 is 14.3 Å². The maximum Gasteiger partial charge on any atom is 0.411 e. The van der Waals surface area contributed by atoms with E-state index in [0.717, 1.165) is 24.8 Å². The fraction of sp³-hybridized carbons (Fsp3) is 0.364. The average Bonchev–Trinajstić information content (AvgIpc) is 3.21. The molecule has 0 bridgehead atoms. The number of hydrogen-bond donors (Lipinski definition) is 2. The maximum atomic E-state index is 12.6. The van der Waals surface area contributed by atoms with Gasteiger partial charge in [-0.2, -0.15) is 0 Å². The van der Waals surface area contributed by atoms with E-state index in [9.17, 15) is 9.59 Å². The maximum absolute atomic E-state index is 12.6. The molecule has 7 heteroatoms. The molecule has 1 aliphatic rings. The first-order valence-electron chi connectivity index (χ1n) is 9.87. The minimum Gasteiger partial charge on any atom is -0.447 e. The van der Waals surface area contributed by atoms with Crippen LogP contribution in [0.1, 0.15) is 30.9 Å². The van der Waals surface area contributed by atoms with Crippen molar-refractivity contribution in [2.75, 3.05) is 18.5 Å². The Kier molecular flexibility index (Phi) is 7.36. The Hall–Kier alpha value is -2.73. The Morgan fingerprint density at radius 3 is 2.66 bits per heavy atom. The zero-order chi connectivity index (χ0) is 20.6. The van der Waals surface area contributed by atoms with Gasteiger partial charge >= 0.3 is 12.1 Å². The number of aryl methyl sites for hydroxylation is 1. The van der Waals surface area contributed by atoms with E-state index in [1.54, 1.807) is 11.0 Å². The molecule has 2 aromatic carbocycles. The summed E-state index contributed by atoms with van der Waals surface area (Å²) in [6, 6.07) is 14.7. The fourth-order valence-corrected chi connectivity index (χ4v) is 3.54. The van der Waals surface area contributed by atoms with Gasteiger partial charge in [0.05, 0.1) is 6.04 Å². The number of benzene rings is 2. The third kappa shape index (κ3) is 5.87. The molecule has 1 saturated heterocycles. The standard InChI is InChI=1S/C22H26ClN3O3/c1-2-16-9-11-18(12-10-16)25-22(28)29-15-19-7-5-13-26(19)21(27)24-14-17-6-3-4-8-20(17)23/h3-4,6,8-12,19H,2,5,7,13-15H2,1H3,(H,24,27)(H,25,28)/t19-/m0/s1. The second-order valence-corrected chi connectivity index (χ2v) is 7.42. The number of anilines is 1. The number of carbonyl (C=O) groups is 2. The second-order valence-electron chi connectivity index (χ2n) is 7.01. The smallest absolute Gasteiger partial charge is 0.411 e. The topological polar surface area (TPSA) is 70.7 Å². The molecule has 2 N–H and O–H groups in total. The largest absolute Gasteiger partial charge is 0.447 e. The van der Waals surface area contributed by atoms with Gasteiger partial charge in [0, 0.05) is 23.8 Å². The van der Waals surface area contributed by atoms with E-state index >= 15 is 0 Å². The average molecular weight is 416 g/mol. The van der Waals surface area contributed by atoms with Crippen LogP contribution in [-0.2, 0) is 17.7 Å². The fourth-order valence-electron chi connectivity index (χ4n) is 3.34. The molecule has 0 unspecified atom stereocenters. The molecule has 1 aliphatic heterocycles. The van der Waals surface area contributed by atoms with E-state index in [1.165, 1.54) is 5.56 Å². The Labute approximate surface area is 176 Å². The van der Waals surface area contributed by atoms with Crippen molar-refractivity contribution in [1.82, 2.24) is 10.2 Å². The molecule has 2 aromatic rings. The zero-order valence-electron chi connectivity index (χ0n) is 16.5. The van der Waals surface area contributed by atoms with Crippen LogP contribution >= 0.6 is 11.6 Å². The van der Waals surface area contributed by atoms with Crippen molar-refractivity contribution in [3.05, 3.63) is 64.7 Å². The summed E-state index contributed by atoms with van der Waals surface area (Å²) in [5, 5.41) is 6.24. The molecule has 0 spiro atoms. The molecular formula is C22H26ClN3O3. The highest BCUT2D eigenvalue weighted by atomic mass is 35.5. The lowest BCUT2D eigenvalue weighted by molar-refractivity contribution is 0.123. The summed E-state index contributed by atoms with van der Waals surface area (Å²) >= 11 is 6.13. The lowest BCUT2D eigenvalue weighted by Gasteiger charge is -2.25. The van der Waals surface area contributed by atoms with E-state index in [2.05, 4.69) is 17.6 Å². The Morgan fingerprint density at radius 2 is 1.93 bits per heavy atom. The number of carbonyl (C=O) groups excluding carboxylic acids is 2. The van der Waals surface area contributed by atoms with E-state index in [0.29, 0.717) is 23.8 Å². The van der Waals surface area contributed by atoms with Crippen LogP contribution in [0.2, 0.25) is 5.02 Å². The first kappa shape index (κ1) is 21.0. The van der Waals surface area contributed by atoms with Crippen molar-refractivity contribution >= 4 is 29.4 Å². The number of ether oxygens (including phenoxy) is 1. The van der Waals surface area contributed by atoms with Crippen LogP contribution in [0, 0.1) is 0 Å². The van der Waals surface area contributed by atoms with Crippen LogP contribution in [0.3, 0.4) is 0 Å². The quantitative estimate of drug-likeness (QED) is 0.710. The normalized spacial score (nSPS) is 15.8. The summed E-state index contributed by atoms with van der Waals surface area (Å²) in [7, 11) is 0. The SMILES string of the molecule is CCc1ccc(NC(=O)OC[C@@H]2CCCN2C(=O)NCc2ccccc2Cl)cc1. The monoisotopic (exact) mass is 415 g/mol. The number of hydrogen-bond acceptors (Lipinski definition) is 3. The number of halogens is 1. The number of likely N-dealkylation sites (tertiary alicyclic amines) is 1. The number of nitrogens with zero attached hydrogens (tertiary/aromatic N) is 1. The predicted molar refractivity (Wildman–Crippen MR) is 114 cm³/mol. The Balaban J connectivity index is 1.46. The minimum absolute atomic E-state index is 0.130. The molecule has 0 radical (unpaired) electrons. The van der Waals surface area contributed by atoms with Crippen molar-refractivity contribution in [2.24, 2.45) is 0 Å². The van der Waals surface area contributed by atoms with Gasteiger partial charge in [-0.25, -0.2) is 9.59 Å². The van der Waals surface area contributed by atoms with Crippen molar-refractivity contribution in [1.29, 1.82) is 0 Å². The lowest BCUT2D eigenvalue weighted by Crippen LogP contribution is -2.44. The first-order valence-corrected chi connectivity index (χ1v) is 10.2. The van der Waals surface area contributed by atoms with E-state index in [-0.39, 0.29) is 18.7 Å². The van der Waals surface area contributed by atoms with E-state index < -0.39 is 6.09 Å². The van der Waals surface area contributed by atoms with Gasteiger partial charge in [0.25, 0.3) is 0 Å². The van der Waals surface area contributed by atoms with Gasteiger partial charge in [-0.3, -0.25) is 5.32 Å². The van der Waals surface area contributed by atoms with Crippen LogP contribution in [-0.4, -0.2) is 36.2 Å². The molecule has 0 aliphatic carbocycles. The summed E-state index contributed by atoms with van der Waals surface area (Å²) < 4.78 is 5.36. The number of rotatable bonds is 6. The molecule has 1 fully saturated rings. The molecule has 6 nitrogen and oxygen atoms in total. The third-order valence-electron chi connectivity index (χ3n) is 5.04. The van der Waals surface area contributed by atoms with Crippen molar-refractivity contribution in [3.63, 3.8) is 0 Å². The summed E-state index contributed by atoms with van der Waals surface area (Å²) in [5.41, 5.74) is 2.75. The van der Waals surface area contributed by atoms with Gasteiger partial charge in [-0.15, -0.1) is 0 Å². The Bertz CT molecular complexity index is 841. The van der Waals surface area contributed by atoms with Gasteiger partial charge in [0.1, 0.15) is 6.61 Å². The molecule has 29 heavy (non-hydrogen) atoms. The summed E-state index contributed by atoms with van der Waals surface area (Å²) in [6.07, 6.45) is 2.12. The molecule has 1 heterocycles. The van der Waals surface area contributed by atoms with Crippen LogP contribution in [0.15, 0.2) is 48.5 Å². The van der Waals surface area contributed by atoms with Crippen molar-refractivity contribution in [2.45, 2.75) is 38.8 Å². The highest BCUT2D eigenvalue weighted by Crippen LogP contribution is 2.19. The molecule has 0 aromatic heterocycles. The Morgan fingerprint density at radius 1 is 1.17 bits per heavy atom. The van der Waals surface area contributed by atoms with Crippen LogP contribution in [0.4, 0.5) is 15.3 Å². The highest BCUT2D eigenvalue weighted by Gasteiger charge is 2.29. The van der Waals surface area contributed by atoms with Gasteiger partial charge in [0.15, 0.2) is 0 Å². The summed E-state index contributed by atoms with van der Waals surface area (Å²) in [6.45, 7) is 3.24. The van der Waals surface area contributed by atoms with Gasteiger partial charge in [-0.05, 0) is 48.6 Å². The van der Waals surface area contributed by atoms with Crippen molar-refractivity contribution in [3.8, 4) is 0 Å².